The van der Waals surface area contributed by atoms with Crippen LogP contribution in [-0.2, 0) is 0 Å². The van der Waals surface area contributed by atoms with Crippen LogP contribution in [0.15, 0.2) is 70.2 Å². The molecule has 0 unspecified atom stereocenters. The average molecular weight is 345 g/mol. The Hall–Kier alpha value is -3.67. The molecule has 2 aromatic heterocycles. The van der Waals surface area contributed by atoms with Gasteiger partial charge in [-0.2, -0.15) is 4.98 Å². The van der Waals surface area contributed by atoms with E-state index in [4.69, 9.17) is 9.15 Å². The molecule has 0 saturated carbocycles. The molecule has 2 heterocycles. The Labute approximate surface area is 149 Å². The molecule has 0 fully saturated rings. The van der Waals surface area contributed by atoms with Gasteiger partial charge in [0, 0.05) is 23.5 Å². The molecule has 26 heavy (non-hydrogen) atoms. The molecule has 0 aliphatic rings. The van der Waals surface area contributed by atoms with Crippen molar-refractivity contribution < 1.29 is 14.3 Å². The molecule has 0 spiro atoms. The number of oxazole rings is 1. The Balaban J connectivity index is 1.66. The summed E-state index contributed by atoms with van der Waals surface area (Å²) in [5.74, 6) is 0.946. The molecule has 4 aromatic rings. The molecule has 0 amide bonds. The minimum Gasteiger partial charge on any atom is -0.504 e. The molecule has 0 saturated heterocycles. The summed E-state index contributed by atoms with van der Waals surface area (Å²) >= 11 is 0. The number of para-hydroxylation sites is 1. The number of ether oxygens (including phenoxy) is 1. The number of aliphatic imine (C=N–C) groups is 1. The van der Waals surface area contributed by atoms with Crippen LogP contribution in [0.5, 0.6) is 11.5 Å². The molecule has 0 radical (unpaired) electrons. The maximum atomic E-state index is 10.1. The van der Waals surface area contributed by atoms with Crippen LogP contribution in [0.4, 0.5) is 5.69 Å². The van der Waals surface area contributed by atoms with Crippen LogP contribution in [0.2, 0.25) is 0 Å². The standard InChI is InChI=1S/C20H15N3O3/c1-25-16-8-3-6-14(18(16)24)12-22-15-7-2-5-13(11-15)20-23-19-17(26-20)9-4-10-21-19/h2-12,24H,1H3. The van der Waals surface area contributed by atoms with Crippen molar-refractivity contribution in [3.8, 4) is 23.0 Å². The first-order valence-corrected chi connectivity index (χ1v) is 7.96. The van der Waals surface area contributed by atoms with Gasteiger partial charge in [0.1, 0.15) is 0 Å². The molecule has 2 aromatic carbocycles. The number of phenols is 1. The minimum atomic E-state index is 0.0555. The first-order valence-electron chi connectivity index (χ1n) is 7.96. The highest BCUT2D eigenvalue weighted by Crippen LogP contribution is 2.29. The number of hydrogen-bond acceptors (Lipinski definition) is 6. The topological polar surface area (TPSA) is 80.7 Å². The first kappa shape index (κ1) is 15.8. The van der Waals surface area contributed by atoms with Crippen molar-refractivity contribution in [2.24, 2.45) is 4.99 Å². The number of fused-ring (bicyclic) bond motifs is 1. The third-order valence-corrected chi connectivity index (χ3v) is 3.86. The summed E-state index contributed by atoms with van der Waals surface area (Å²) in [7, 11) is 1.51. The van der Waals surface area contributed by atoms with Crippen LogP contribution in [0.3, 0.4) is 0 Å². The van der Waals surface area contributed by atoms with Crippen LogP contribution >= 0.6 is 0 Å². The van der Waals surface area contributed by atoms with Crippen molar-refractivity contribution in [3.05, 3.63) is 66.4 Å². The summed E-state index contributed by atoms with van der Waals surface area (Å²) in [6.07, 6.45) is 3.26. The van der Waals surface area contributed by atoms with Gasteiger partial charge in [-0.3, -0.25) is 4.99 Å². The molecule has 1 N–H and O–H groups in total. The fourth-order valence-corrected chi connectivity index (χ4v) is 2.56. The van der Waals surface area contributed by atoms with Crippen molar-refractivity contribution in [2.45, 2.75) is 0 Å². The fraction of sp³-hybridized carbons (Fsp3) is 0.0500. The van der Waals surface area contributed by atoms with Gasteiger partial charge in [0.05, 0.1) is 12.8 Å². The number of nitrogens with zero attached hydrogens (tertiary/aromatic N) is 3. The normalized spacial score (nSPS) is 11.3. The summed E-state index contributed by atoms with van der Waals surface area (Å²) < 4.78 is 10.8. The van der Waals surface area contributed by atoms with E-state index in [0.717, 1.165) is 5.56 Å². The van der Waals surface area contributed by atoms with Gasteiger partial charge < -0.3 is 14.3 Å². The Morgan fingerprint density at radius 1 is 1.12 bits per heavy atom. The Kier molecular flexibility index (Phi) is 4.07. The largest absolute Gasteiger partial charge is 0.504 e. The number of phenolic OH excluding ortho intramolecular Hbond substituents is 1. The predicted octanol–water partition coefficient (Wildman–Crippen LogP) is 4.35. The number of pyridine rings is 1. The zero-order valence-electron chi connectivity index (χ0n) is 14.0. The lowest BCUT2D eigenvalue weighted by Crippen LogP contribution is -1.88. The number of benzene rings is 2. The zero-order valence-corrected chi connectivity index (χ0v) is 14.0. The van der Waals surface area contributed by atoms with E-state index in [1.165, 1.54) is 7.11 Å². The van der Waals surface area contributed by atoms with Crippen LogP contribution < -0.4 is 4.74 Å². The fourth-order valence-electron chi connectivity index (χ4n) is 2.56. The summed E-state index contributed by atoms with van der Waals surface area (Å²) in [6.45, 7) is 0. The summed E-state index contributed by atoms with van der Waals surface area (Å²) in [6, 6.07) is 16.4. The van der Waals surface area contributed by atoms with Gasteiger partial charge in [-0.25, -0.2) is 4.98 Å². The van der Waals surface area contributed by atoms with Gasteiger partial charge >= 0.3 is 0 Å². The highest BCUT2D eigenvalue weighted by Gasteiger charge is 2.09. The smallest absolute Gasteiger partial charge is 0.228 e. The summed E-state index contributed by atoms with van der Waals surface area (Å²) in [5.41, 5.74) is 3.28. The van der Waals surface area contributed by atoms with Gasteiger partial charge in [-0.15, -0.1) is 0 Å². The Morgan fingerprint density at radius 3 is 2.85 bits per heavy atom. The molecular weight excluding hydrogens is 330 g/mol. The monoisotopic (exact) mass is 345 g/mol. The quantitative estimate of drug-likeness (QED) is 0.556. The van der Waals surface area contributed by atoms with E-state index in [1.807, 2.05) is 30.3 Å². The number of aromatic nitrogens is 2. The first-order chi connectivity index (χ1) is 12.7. The van der Waals surface area contributed by atoms with E-state index in [9.17, 15) is 5.11 Å². The summed E-state index contributed by atoms with van der Waals surface area (Å²) in [5, 5.41) is 10.1. The lowest BCUT2D eigenvalue weighted by atomic mass is 10.2. The van der Waals surface area contributed by atoms with Crippen molar-refractivity contribution in [1.29, 1.82) is 0 Å². The second kappa shape index (κ2) is 6.68. The molecule has 0 atom stereocenters. The van der Waals surface area contributed by atoms with E-state index in [0.29, 0.717) is 34.1 Å². The molecule has 128 valence electrons. The van der Waals surface area contributed by atoms with E-state index in [1.54, 1.807) is 36.7 Å². The second-order valence-electron chi connectivity index (χ2n) is 5.55. The van der Waals surface area contributed by atoms with Gasteiger partial charge in [0.15, 0.2) is 22.7 Å². The van der Waals surface area contributed by atoms with E-state index < -0.39 is 0 Å². The maximum absolute atomic E-state index is 10.1. The highest BCUT2D eigenvalue weighted by atomic mass is 16.5. The SMILES string of the molecule is COc1cccc(C=Nc2cccc(-c3nc4ncccc4o3)c2)c1O. The Bertz CT molecular complexity index is 1070. The number of aromatic hydroxyl groups is 1. The third kappa shape index (κ3) is 3.00. The van der Waals surface area contributed by atoms with Crippen molar-refractivity contribution in [2.75, 3.05) is 7.11 Å². The van der Waals surface area contributed by atoms with Gasteiger partial charge in [-0.1, -0.05) is 12.1 Å². The summed E-state index contributed by atoms with van der Waals surface area (Å²) in [4.78, 5) is 13.0. The van der Waals surface area contributed by atoms with Gasteiger partial charge in [-0.05, 0) is 42.5 Å². The third-order valence-electron chi connectivity index (χ3n) is 3.86. The molecule has 0 aliphatic heterocycles. The minimum absolute atomic E-state index is 0.0555. The Morgan fingerprint density at radius 2 is 2.00 bits per heavy atom. The molecule has 0 bridgehead atoms. The maximum Gasteiger partial charge on any atom is 0.228 e. The molecular formula is C20H15N3O3. The van der Waals surface area contributed by atoms with Crippen molar-refractivity contribution in [1.82, 2.24) is 9.97 Å². The average Bonchev–Trinajstić information content (AvgIpc) is 3.12. The molecule has 4 rings (SSSR count). The molecule has 6 heteroatoms. The predicted molar refractivity (Wildman–Crippen MR) is 99.2 cm³/mol. The van der Waals surface area contributed by atoms with E-state index in [2.05, 4.69) is 15.0 Å². The lowest BCUT2D eigenvalue weighted by molar-refractivity contribution is 0.373. The molecule has 6 nitrogen and oxygen atoms in total. The van der Waals surface area contributed by atoms with Gasteiger partial charge in [0.2, 0.25) is 5.89 Å². The van der Waals surface area contributed by atoms with Crippen molar-refractivity contribution >= 4 is 23.1 Å². The van der Waals surface area contributed by atoms with Crippen LogP contribution in [0, 0.1) is 0 Å². The van der Waals surface area contributed by atoms with Crippen LogP contribution in [-0.4, -0.2) is 28.4 Å². The van der Waals surface area contributed by atoms with Crippen LogP contribution in [0.1, 0.15) is 5.56 Å². The van der Waals surface area contributed by atoms with Crippen molar-refractivity contribution in [3.63, 3.8) is 0 Å². The highest BCUT2D eigenvalue weighted by molar-refractivity contribution is 5.87. The number of methoxy groups -OCH3 is 1. The van der Waals surface area contributed by atoms with E-state index >= 15 is 0 Å². The zero-order chi connectivity index (χ0) is 17.9. The van der Waals surface area contributed by atoms with Crippen LogP contribution in [0.25, 0.3) is 22.7 Å². The lowest BCUT2D eigenvalue weighted by Gasteiger charge is -2.05. The number of hydrogen-bond donors (Lipinski definition) is 1. The molecule has 0 aliphatic carbocycles. The van der Waals surface area contributed by atoms with E-state index in [-0.39, 0.29) is 5.75 Å². The number of rotatable bonds is 4. The second-order valence-corrected chi connectivity index (χ2v) is 5.55. The van der Waals surface area contributed by atoms with Gasteiger partial charge in [0.25, 0.3) is 0 Å².